The standard InChI is InChI=1S/C33H29N3O5/c1-20-22(3)35(19-27-6-4-5-7-29(27)24-8-10-25(11-9-24)33(38)39)31-17-14-26(18-30(20)31)32(37)34-21(2)23-12-15-28(16-13-23)36(40)41/h4-18,21H,19H2,1-3H3,(H,34,37)(H,38,39)/t21-/m0/s1. The van der Waals surface area contributed by atoms with E-state index in [4.69, 9.17) is 0 Å². The highest BCUT2D eigenvalue weighted by Gasteiger charge is 2.18. The number of aryl methyl sites for hydroxylation is 1. The normalized spacial score (nSPS) is 11.8. The van der Waals surface area contributed by atoms with Crippen molar-refractivity contribution in [2.75, 3.05) is 0 Å². The molecule has 4 aromatic carbocycles. The molecule has 0 saturated heterocycles. The summed E-state index contributed by atoms with van der Waals surface area (Å²) in [5.41, 5.74) is 7.81. The summed E-state index contributed by atoms with van der Waals surface area (Å²) in [6, 6.07) is 26.5. The number of rotatable bonds is 8. The van der Waals surface area contributed by atoms with Crippen LogP contribution in [0.5, 0.6) is 0 Å². The van der Waals surface area contributed by atoms with Gasteiger partial charge in [0, 0.05) is 40.8 Å². The van der Waals surface area contributed by atoms with Crippen molar-refractivity contribution >= 4 is 28.5 Å². The van der Waals surface area contributed by atoms with Gasteiger partial charge in [0.25, 0.3) is 11.6 Å². The minimum atomic E-state index is -0.955. The van der Waals surface area contributed by atoms with Gasteiger partial charge in [-0.25, -0.2) is 4.79 Å². The molecule has 0 fully saturated rings. The molecule has 0 aliphatic heterocycles. The molecule has 0 bridgehead atoms. The number of aromatic carboxylic acids is 1. The lowest BCUT2D eigenvalue weighted by atomic mass is 9.98. The van der Waals surface area contributed by atoms with Gasteiger partial charge in [-0.2, -0.15) is 0 Å². The maximum atomic E-state index is 13.1. The summed E-state index contributed by atoms with van der Waals surface area (Å²) in [5, 5.41) is 24.2. The molecule has 0 aliphatic carbocycles. The highest BCUT2D eigenvalue weighted by molar-refractivity contribution is 5.99. The molecule has 8 heteroatoms. The van der Waals surface area contributed by atoms with E-state index in [2.05, 4.69) is 22.9 Å². The van der Waals surface area contributed by atoms with Crippen LogP contribution < -0.4 is 5.32 Å². The second kappa shape index (κ2) is 11.1. The lowest BCUT2D eigenvalue weighted by Crippen LogP contribution is -2.26. The third kappa shape index (κ3) is 5.45. The van der Waals surface area contributed by atoms with E-state index in [1.54, 1.807) is 24.3 Å². The Morgan fingerprint density at radius 1 is 0.927 bits per heavy atom. The molecule has 0 unspecified atom stereocenters. The van der Waals surface area contributed by atoms with E-state index in [9.17, 15) is 24.8 Å². The zero-order chi connectivity index (χ0) is 29.3. The van der Waals surface area contributed by atoms with Gasteiger partial charge in [0.05, 0.1) is 16.5 Å². The maximum absolute atomic E-state index is 13.1. The number of nitro groups is 1. The molecule has 0 spiro atoms. The Labute approximate surface area is 237 Å². The number of aromatic nitrogens is 1. The molecule has 0 radical (unpaired) electrons. The van der Waals surface area contributed by atoms with Crippen molar-refractivity contribution in [3.05, 3.63) is 135 Å². The summed E-state index contributed by atoms with van der Waals surface area (Å²) in [5.74, 6) is -1.18. The second-order valence-corrected chi connectivity index (χ2v) is 10.1. The lowest BCUT2D eigenvalue weighted by Gasteiger charge is -2.15. The summed E-state index contributed by atoms with van der Waals surface area (Å²) in [7, 11) is 0. The minimum Gasteiger partial charge on any atom is -0.478 e. The molecular weight excluding hydrogens is 518 g/mol. The van der Waals surface area contributed by atoms with E-state index < -0.39 is 10.9 Å². The number of carboxylic acids is 1. The highest BCUT2D eigenvalue weighted by Crippen LogP contribution is 2.31. The largest absolute Gasteiger partial charge is 0.478 e. The molecule has 2 N–H and O–H groups in total. The Balaban J connectivity index is 1.41. The minimum absolute atomic E-state index is 0.00630. The average Bonchev–Trinajstić information content (AvgIpc) is 3.21. The lowest BCUT2D eigenvalue weighted by molar-refractivity contribution is -0.384. The molecule has 41 heavy (non-hydrogen) atoms. The van der Waals surface area contributed by atoms with Crippen molar-refractivity contribution in [1.29, 1.82) is 0 Å². The Morgan fingerprint density at radius 3 is 2.24 bits per heavy atom. The van der Waals surface area contributed by atoms with E-state index in [0.29, 0.717) is 12.1 Å². The summed E-state index contributed by atoms with van der Waals surface area (Å²) in [4.78, 5) is 34.9. The van der Waals surface area contributed by atoms with Crippen molar-refractivity contribution in [3.8, 4) is 11.1 Å². The van der Waals surface area contributed by atoms with Gasteiger partial charge in [-0.05, 0) is 78.9 Å². The fraction of sp³-hybridized carbons (Fsp3) is 0.152. The van der Waals surface area contributed by atoms with Gasteiger partial charge in [-0.1, -0.05) is 48.5 Å². The van der Waals surface area contributed by atoms with Crippen molar-refractivity contribution in [2.45, 2.75) is 33.4 Å². The zero-order valence-electron chi connectivity index (χ0n) is 22.9. The molecule has 1 atom stereocenters. The molecular formula is C33H29N3O5. The van der Waals surface area contributed by atoms with Crippen molar-refractivity contribution < 1.29 is 19.6 Å². The molecule has 8 nitrogen and oxygen atoms in total. The number of non-ortho nitro benzene ring substituents is 1. The Morgan fingerprint density at radius 2 is 1.59 bits per heavy atom. The molecule has 5 aromatic rings. The first-order valence-electron chi connectivity index (χ1n) is 13.2. The Bertz CT molecular complexity index is 1790. The zero-order valence-corrected chi connectivity index (χ0v) is 22.9. The summed E-state index contributed by atoms with van der Waals surface area (Å²) >= 11 is 0. The summed E-state index contributed by atoms with van der Waals surface area (Å²) < 4.78 is 2.23. The topological polar surface area (TPSA) is 114 Å². The van der Waals surface area contributed by atoms with Gasteiger partial charge in [0.1, 0.15) is 0 Å². The Hall–Kier alpha value is -5.24. The van der Waals surface area contributed by atoms with Gasteiger partial charge < -0.3 is 15.0 Å². The first-order chi connectivity index (χ1) is 19.6. The van der Waals surface area contributed by atoms with E-state index in [-0.39, 0.29) is 23.2 Å². The fourth-order valence-corrected chi connectivity index (χ4v) is 5.15. The van der Waals surface area contributed by atoms with Crippen LogP contribution in [0.15, 0.2) is 91.0 Å². The van der Waals surface area contributed by atoms with Gasteiger partial charge >= 0.3 is 5.97 Å². The predicted octanol–water partition coefficient (Wildman–Crippen LogP) is 7.07. The maximum Gasteiger partial charge on any atom is 0.335 e. The first kappa shape index (κ1) is 27.3. The van der Waals surface area contributed by atoms with Crippen LogP contribution in [0.4, 0.5) is 5.69 Å². The predicted molar refractivity (Wildman–Crippen MR) is 158 cm³/mol. The number of nitrogens with zero attached hydrogens (tertiary/aromatic N) is 2. The highest BCUT2D eigenvalue weighted by atomic mass is 16.6. The van der Waals surface area contributed by atoms with E-state index >= 15 is 0 Å². The quantitative estimate of drug-likeness (QED) is 0.159. The molecule has 0 aliphatic rings. The number of carbonyl (C=O) groups is 2. The number of benzene rings is 4. The first-order valence-corrected chi connectivity index (χ1v) is 13.2. The van der Waals surface area contributed by atoms with Crippen LogP contribution in [0.2, 0.25) is 0 Å². The number of carbonyl (C=O) groups excluding carboxylic acids is 1. The molecule has 1 amide bonds. The molecule has 206 valence electrons. The number of nitro benzene ring substituents is 1. The molecule has 1 aromatic heterocycles. The van der Waals surface area contributed by atoms with Gasteiger partial charge in [0.15, 0.2) is 0 Å². The third-order valence-corrected chi connectivity index (χ3v) is 7.64. The number of fused-ring (bicyclic) bond motifs is 1. The van der Waals surface area contributed by atoms with Crippen LogP contribution in [0.25, 0.3) is 22.0 Å². The molecule has 5 rings (SSSR count). The van der Waals surface area contributed by atoms with Gasteiger partial charge in [-0.3, -0.25) is 14.9 Å². The Kier molecular flexibility index (Phi) is 7.40. The number of hydrogen-bond donors (Lipinski definition) is 2. The van der Waals surface area contributed by atoms with E-state index in [1.165, 1.54) is 12.1 Å². The van der Waals surface area contributed by atoms with Crippen LogP contribution in [-0.2, 0) is 6.54 Å². The van der Waals surface area contributed by atoms with Crippen LogP contribution >= 0.6 is 0 Å². The number of carboxylic acid groups (broad SMARTS) is 1. The molecule has 1 heterocycles. The van der Waals surface area contributed by atoms with Crippen LogP contribution in [-0.4, -0.2) is 26.5 Å². The van der Waals surface area contributed by atoms with Crippen molar-refractivity contribution in [2.24, 2.45) is 0 Å². The van der Waals surface area contributed by atoms with Crippen LogP contribution in [0, 0.1) is 24.0 Å². The van der Waals surface area contributed by atoms with Gasteiger partial charge in [0.2, 0.25) is 0 Å². The third-order valence-electron chi connectivity index (χ3n) is 7.64. The van der Waals surface area contributed by atoms with Crippen LogP contribution in [0.1, 0.15) is 56.1 Å². The fourth-order valence-electron chi connectivity index (χ4n) is 5.15. The van der Waals surface area contributed by atoms with Crippen molar-refractivity contribution in [1.82, 2.24) is 9.88 Å². The van der Waals surface area contributed by atoms with Crippen molar-refractivity contribution in [3.63, 3.8) is 0 Å². The smallest absolute Gasteiger partial charge is 0.335 e. The average molecular weight is 548 g/mol. The van der Waals surface area contributed by atoms with Gasteiger partial charge in [-0.15, -0.1) is 0 Å². The van der Waals surface area contributed by atoms with Crippen LogP contribution in [0.3, 0.4) is 0 Å². The molecule has 0 saturated carbocycles. The van der Waals surface area contributed by atoms with E-state index in [1.807, 2.05) is 62.4 Å². The second-order valence-electron chi connectivity index (χ2n) is 10.1. The summed E-state index contributed by atoms with van der Waals surface area (Å²) in [6.07, 6.45) is 0. The number of nitrogens with one attached hydrogen (secondary N) is 1. The van der Waals surface area contributed by atoms with E-state index in [0.717, 1.165) is 44.4 Å². The summed E-state index contributed by atoms with van der Waals surface area (Å²) in [6.45, 7) is 6.56. The number of amides is 1. The monoisotopic (exact) mass is 547 g/mol. The SMILES string of the molecule is Cc1c(C)n(Cc2ccccc2-c2ccc(C(=O)O)cc2)c2ccc(C(=O)N[C@@H](C)c3ccc([N+](=O)[O-])cc3)cc12. The number of hydrogen-bond acceptors (Lipinski definition) is 4.